The van der Waals surface area contributed by atoms with Crippen molar-refractivity contribution in [1.82, 2.24) is 0 Å². The fourth-order valence-corrected chi connectivity index (χ4v) is 3.80. The van der Waals surface area contributed by atoms with E-state index in [0.717, 1.165) is 25.7 Å². The van der Waals surface area contributed by atoms with E-state index >= 15 is 0 Å². The molecule has 2 unspecified atom stereocenters. The molecule has 3 heteroatoms. The molecule has 0 aromatic heterocycles. The highest BCUT2D eigenvalue weighted by Gasteiger charge is 2.21. The molecule has 0 radical (unpaired) electrons. The van der Waals surface area contributed by atoms with Crippen LogP contribution >= 0.6 is 0 Å². The van der Waals surface area contributed by atoms with Crippen molar-refractivity contribution in [2.75, 3.05) is 0 Å². The van der Waals surface area contributed by atoms with Crippen LogP contribution in [0.4, 0.5) is 0 Å². The van der Waals surface area contributed by atoms with Crippen molar-refractivity contribution in [2.45, 2.75) is 123 Å². The molecule has 1 N–H and O–H groups in total. The van der Waals surface area contributed by atoms with Crippen LogP contribution in [0.5, 0.6) is 0 Å². The summed E-state index contributed by atoms with van der Waals surface area (Å²) in [6.07, 6.45) is 17.4. The van der Waals surface area contributed by atoms with E-state index in [4.69, 9.17) is 4.74 Å². The van der Waals surface area contributed by atoms with Gasteiger partial charge in [-0.2, -0.15) is 0 Å². The average Bonchev–Trinajstić information content (AvgIpc) is 2.74. The fraction of sp³-hybridized carbons (Fsp3) is 0.731. The molecule has 0 aliphatic carbocycles. The van der Waals surface area contributed by atoms with E-state index in [1.165, 1.54) is 70.6 Å². The number of ketones is 1. The van der Waals surface area contributed by atoms with Crippen molar-refractivity contribution < 1.29 is 14.6 Å². The van der Waals surface area contributed by atoms with Gasteiger partial charge in [0.1, 0.15) is 0 Å². The number of Topliss-reactive ketones (excluding diaryl/α,β-unsaturated/α-hetero) is 1. The van der Waals surface area contributed by atoms with Crippen LogP contribution in [-0.4, -0.2) is 23.3 Å². The average molecular weight is 405 g/mol. The normalized spacial score (nSPS) is 13.3. The Kier molecular flexibility index (Phi) is 15.7. The number of hydrogen-bond acceptors (Lipinski definition) is 3. The molecule has 0 spiro atoms. The number of rotatable bonds is 19. The number of hydrogen-bond donors (Lipinski definition) is 1. The van der Waals surface area contributed by atoms with Crippen LogP contribution in [-0.2, 0) is 4.74 Å². The third-order valence-electron chi connectivity index (χ3n) is 5.59. The molecular weight excluding hydrogens is 360 g/mol. The molecule has 0 aliphatic heterocycles. The van der Waals surface area contributed by atoms with Gasteiger partial charge >= 0.3 is 0 Å². The van der Waals surface area contributed by atoms with Gasteiger partial charge in [0.15, 0.2) is 0 Å². The summed E-state index contributed by atoms with van der Waals surface area (Å²) < 4.78 is 5.71. The SMILES string of the molecule is CCCCCCCCCCCCCCC(CCC)OC(O)C(=O)c1ccccc1. The number of carbonyl (C=O) groups is 1. The van der Waals surface area contributed by atoms with Gasteiger partial charge in [0.05, 0.1) is 6.10 Å². The maximum atomic E-state index is 12.3. The Hall–Kier alpha value is -1.19. The molecule has 2 atom stereocenters. The molecule has 0 aliphatic rings. The van der Waals surface area contributed by atoms with Crippen LogP contribution in [0.3, 0.4) is 0 Å². The number of benzene rings is 1. The highest BCUT2D eigenvalue weighted by molar-refractivity contribution is 5.98. The molecule has 1 aromatic carbocycles. The first-order valence-corrected chi connectivity index (χ1v) is 12.1. The maximum absolute atomic E-state index is 12.3. The van der Waals surface area contributed by atoms with Crippen molar-refractivity contribution in [2.24, 2.45) is 0 Å². The van der Waals surface area contributed by atoms with Crippen molar-refractivity contribution >= 4 is 5.78 Å². The van der Waals surface area contributed by atoms with E-state index < -0.39 is 6.29 Å². The first kappa shape index (κ1) is 25.8. The van der Waals surface area contributed by atoms with Gasteiger partial charge in [-0.25, -0.2) is 0 Å². The smallest absolute Gasteiger partial charge is 0.220 e. The minimum Gasteiger partial charge on any atom is -0.362 e. The van der Waals surface area contributed by atoms with Gasteiger partial charge in [0, 0.05) is 5.56 Å². The Balaban J connectivity index is 2.11. The summed E-state index contributed by atoms with van der Waals surface area (Å²) in [7, 11) is 0. The van der Waals surface area contributed by atoms with Crippen molar-refractivity contribution in [3.63, 3.8) is 0 Å². The second-order valence-electron chi connectivity index (χ2n) is 8.31. The molecule has 1 aromatic rings. The Labute approximate surface area is 179 Å². The zero-order valence-corrected chi connectivity index (χ0v) is 18.9. The lowest BCUT2D eigenvalue weighted by Crippen LogP contribution is -2.29. The summed E-state index contributed by atoms with van der Waals surface area (Å²) in [4.78, 5) is 12.3. The first-order chi connectivity index (χ1) is 14.2. The van der Waals surface area contributed by atoms with Crippen LogP contribution in [0.2, 0.25) is 0 Å². The van der Waals surface area contributed by atoms with Crippen LogP contribution in [0, 0.1) is 0 Å². The summed E-state index contributed by atoms with van der Waals surface area (Å²) in [6.45, 7) is 4.38. The molecule has 166 valence electrons. The Morgan fingerprint density at radius 3 is 1.79 bits per heavy atom. The number of ether oxygens (including phenoxy) is 1. The highest BCUT2D eigenvalue weighted by Crippen LogP contribution is 2.17. The molecule has 0 fully saturated rings. The second-order valence-corrected chi connectivity index (χ2v) is 8.31. The van der Waals surface area contributed by atoms with E-state index in [1.807, 2.05) is 6.07 Å². The van der Waals surface area contributed by atoms with Crippen molar-refractivity contribution in [1.29, 1.82) is 0 Å². The number of unbranched alkanes of at least 4 members (excludes halogenated alkanes) is 11. The quantitative estimate of drug-likeness (QED) is 0.148. The lowest BCUT2D eigenvalue weighted by atomic mass is 10.0. The summed E-state index contributed by atoms with van der Waals surface area (Å²) in [5, 5.41) is 10.2. The van der Waals surface area contributed by atoms with Gasteiger partial charge in [-0.1, -0.05) is 128 Å². The second kappa shape index (κ2) is 17.7. The molecular formula is C26H44O3. The van der Waals surface area contributed by atoms with E-state index in [9.17, 15) is 9.90 Å². The van der Waals surface area contributed by atoms with Crippen molar-refractivity contribution in [3.05, 3.63) is 35.9 Å². The maximum Gasteiger partial charge on any atom is 0.220 e. The lowest BCUT2D eigenvalue weighted by molar-refractivity contribution is -0.113. The standard InChI is InChI=1S/C26H44O3/c1-3-5-6-7-8-9-10-11-12-13-14-18-22-24(19-4-2)29-26(28)25(27)23-20-16-15-17-21-23/h15-17,20-21,24,26,28H,3-14,18-19,22H2,1-2H3. The molecule has 3 nitrogen and oxygen atoms in total. The van der Waals surface area contributed by atoms with Gasteiger partial charge in [-0.15, -0.1) is 0 Å². The third-order valence-corrected chi connectivity index (χ3v) is 5.59. The third kappa shape index (κ3) is 12.9. The molecule has 0 amide bonds. The van der Waals surface area contributed by atoms with Crippen LogP contribution < -0.4 is 0 Å². The zero-order valence-electron chi connectivity index (χ0n) is 18.9. The monoisotopic (exact) mass is 404 g/mol. The van der Waals surface area contributed by atoms with E-state index in [0.29, 0.717) is 5.56 Å². The van der Waals surface area contributed by atoms with Crippen LogP contribution in [0.15, 0.2) is 30.3 Å². The predicted molar refractivity (Wildman–Crippen MR) is 122 cm³/mol. The summed E-state index contributed by atoms with van der Waals surface area (Å²) in [6, 6.07) is 8.90. The Morgan fingerprint density at radius 1 is 0.759 bits per heavy atom. The lowest BCUT2D eigenvalue weighted by Gasteiger charge is -2.20. The number of aliphatic hydroxyl groups is 1. The molecule has 0 saturated heterocycles. The molecule has 0 bridgehead atoms. The number of carbonyl (C=O) groups excluding carboxylic acids is 1. The van der Waals surface area contributed by atoms with Gasteiger partial charge in [-0.3, -0.25) is 4.79 Å². The number of aliphatic hydroxyl groups excluding tert-OH is 1. The minimum absolute atomic E-state index is 0.0363. The molecule has 0 heterocycles. The molecule has 29 heavy (non-hydrogen) atoms. The van der Waals surface area contributed by atoms with Gasteiger partial charge in [-0.05, 0) is 12.8 Å². The minimum atomic E-state index is -1.36. The van der Waals surface area contributed by atoms with E-state index in [1.54, 1.807) is 24.3 Å². The van der Waals surface area contributed by atoms with Gasteiger partial charge in [0.2, 0.25) is 12.1 Å². The van der Waals surface area contributed by atoms with Gasteiger partial charge in [0.25, 0.3) is 0 Å². The Bertz CT molecular complexity index is 500. The highest BCUT2D eigenvalue weighted by atomic mass is 16.6. The summed E-state index contributed by atoms with van der Waals surface area (Å²) in [5.41, 5.74) is 0.501. The zero-order chi connectivity index (χ0) is 21.2. The topological polar surface area (TPSA) is 46.5 Å². The molecule has 1 rings (SSSR count). The summed E-state index contributed by atoms with van der Waals surface area (Å²) >= 11 is 0. The first-order valence-electron chi connectivity index (χ1n) is 12.1. The van der Waals surface area contributed by atoms with E-state index in [-0.39, 0.29) is 11.9 Å². The largest absolute Gasteiger partial charge is 0.362 e. The van der Waals surface area contributed by atoms with Gasteiger partial charge < -0.3 is 9.84 Å². The van der Waals surface area contributed by atoms with Crippen LogP contribution in [0.1, 0.15) is 121 Å². The predicted octanol–water partition coefficient (Wildman–Crippen LogP) is 7.46. The summed E-state index contributed by atoms with van der Waals surface area (Å²) in [5.74, 6) is -0.346. The molecule has 0 saturated carbocycles. The van der Waals surface area contributed by atoms with Crippen LogP contribution in [0.25, 0.3) is 0 Å². The Morgan fingerprint density at radius 2 is 1.28 bits per heavy atom. The van der Waals surface area contributed by atoms with Crippen molar-refractivity contribution in [3.8, 4) is 0 Å². The van der Waals surface area contributed by atoms with E-state index in [2.05, 4.69) is 13.8 Å². The fourth-order valence-electron chi connectivity index (χ4n) is 3.80.